The first kappa shape index (κ1) is 17.9. The number of nitrogens with zero attached hydrogens (tertiary/aromatic N) is 1. The number of rotatable bonds is 3. The van der Waals surface area contributed by atoms with Gasteiger partial charge in [0.2, 0.25) is 0 Å². The second-order valence-electron chi connectivity index (χ2n) is 4.85. The molecule has 0 bridgehead atoms. The van der Waals surface area contributed by atoms with Crippen molar-refractivity contribution in [3.8, 4) is 0 Å². The van der Waals surface area contributed by atoms with E-state index in [9.17, 15) is 0 Å². The second-order valence-corrected chi connectivity index (χ2v) is 4.85. The molecule has 4 heteroatoms. The normalized spacial score (nSPS) is 26.0. The highest BCUT2D eigenvalue weighted by molar-refractivity contribution is 5.85. The lowest BCUT2D eigenvalue weighted by Crippen LogP contribution is -2.48. The van der Waals surface area contributed by atoms with Crippen LogP contribution in [0.4, 0.5) is 0 Å². The van der Waals surface area contributed by atoms with Crippen molar-refractivity contribution in [1.29, 1.82) is 0 Å². The van der Waals surface area contributed by atoms with Crippen molar-refractivity contribution >= 4 is 24.8 Å². The number of likely N-dealkylation sites (N-methyl/N-ethyl adjacent to an activating group) is 1. The minimum Gasteiger partial charge on any atom is -0.326 e. The molecule has 2 nitrogen and oxygen atoms in total. The summed E-state index contributed by atoms with van der Waals surface area (Å²) in [5.74, 6) is 0.749. The van der Waals surface area contributed by atoms with Gasteiger partial charge in [0, 0.05) is 18.6 Å². The fourth-order valence-corrected chi connectivity index (χ4v) is 2.40. The fraction of sp³-hybridized carbons (Fsp3) is 1.00. The fourth-order valence-electron chi connectivity index (χ4n) is 2.40. The van der Waals surface area contributed by atoms with E-state index >= 15 is 0 Å². The van der Waals surface area contributed by atoms with Gasteiger partial charge in [-0.05, 0) is 25.8 Å². The van der Waals surface area contributed by atoms with Gasteiger partial charge in [0.15, 0.2) is 0 Å². The average Bonchev–Trinajstić information content (AvgIpc) is 2.03. The number of halogens is 2. The summed E-state index contributed by atoms with van der Waals surface area (Å²) >= 11 is 0. The molecule has 0 heterocycles. The first-order valence-corrected chi connectivity index (χ1v) is 5.57. The first-order chi connectivity index (χ1) is 6.11. The minimum atomic E-state index is 0. The first-order valence-electron chi connectivity index (χ1n) is 5.57. The predicted octanol–water partition coefficient (Wildman–Crippen LogP) is 2.69. The minimum absolute atomic E-state index is 0. The summed E-state index contributed by atoms with van der Waals surface area (Å²) in [6.45, 7) is 5.72. The van der Waals surface area contributed by atoms with Gasteiger partial charge in [-0.1, -0.05) is 26.7 Å². The van der Waals surface area contributed by atoms with E-state index in [4.69, 9.17) is 5.73 Å². The molecule has 0 amide bonds. The lowest BCUT2D eigenvalue weighted by Gasteiger charge is -2.36. The summed E-state index contributed by atoms with van der Waals surface area (Å²) < 4.78 is 0. The Morgan fingerprint density at radius 2 is 1.73 bits per heavy atom. The Kier molecular flexibility index (Phi) is 10.3. The smallest absolute Gasteiger partial charge is 0.0244 e. The number of hydrogen-bond acceptors (Lipinski definition) is 2. The van der Waals surface area contributed by atoms with Crippen LogP contribution in [0.25, 0.3) is 0 Å². The van der Waals surface area contributed by atoms with Crippen LogP contribution in [-0.2, 0) is 0 Å². The SMILES string of the molecule is CC(C)CN(C)[C@@H]1CCCC[C@H]1N.Cl.Cl. The van der Waals surface area contributed by atoms with Gasteiger partial charge in [-0.2, -0.15) is 0 Å². The standard InChI is InChI=1S/C11H24N2.2ClH/c1-9(2)8-13(3)11-7-5-4-6-10(11)12;;/h9-11H,4-8,12H2,1-3H3;2*1H/t10-,11-;;/m1../s1. The van der Waals surface area contributed by atoms with Crippen molar-refractivity contribution in [3.05, 3.63) is 0 Å². The van der Waals surface area contributed by atoms with Crippen molar-refractivity contribution in [2.45, 2.75) is 51.6 Å². The van der Waals surface area contributed by atoms with E-state index in [1.54, 1.807) is 0 Å². The van der Waals surface area contributed by atoms with E-state index in [0.29, 0.717) is 12.1 Å². The van der Waals surface area contributed by atoms with Crippen LogP contribution < -0.4 is 5.73 Å². The van der Waals surface area contributed by atoms with Crippen LogP contribution in [0, 0.1) is 5.92 Å². The van der Waals surface area contributed by atoms with E-state index in [0.717, 1.165) is 5.92 Å². The van der Waals surface area contributed by atoms with Crippen molar-refractivity contribution in [2.24, 2.45) is 11.7 Å². The summed E-state index contributed by atoms with van der Waals surface area (Å²) in [4.78, 5) is 2.45. The molecule has 15 heavy (non-hydrogen) atoms. The zero-order valence-electron chi connectivity index (χ0n) is 10.1. The Morgan fingerprint density at radius 3 is 2.20 bits per heavy atom. The number of nitrogens with two attached hydrogens (primary N) is 1. The Hall–Kier alpha value is 0.500. The summed E-state index contributed by atoms with van der Waals surface area (Å²) in [7, 11) is 2.22. The molecule has 1 aliphatic rings. The Balaban J connectivity index is 0. The van der Waals surface area contributed by atoms with Crippen LogP contribution in [0.2, 0.25) is 0 Å². The highest BCUT2D eigenvalue weighted by atomic mass is 35.5. The quantitative estimate of drug-likeness (QED) is 0.842. The lowest BCUT2D eigenvalue weighted by molar-refractivity contribution is 0.154. The van der Waals surface area contributed by atoms with Crippen LogP contribution in [0.5, 0.6) is 0 Å². The third-order valence-corrected chi connectivity index (χ3v) is 3.00. The summed E-state index contributed by atoms with van der Waals surface area (Å²) in [6, 6.07) is 1.05. The summed E-state index contributed by atoms with van der Waals surface area (Å²) in [5, 5.41) is 0. The third-order valence-electron chi connectivity index (χ3n) is 3.00. The monoisotopic (exact) mass is 256 g/mol. The highest BCUT2D eigenvalue weighted by Gasteiger charge is 2.25. The summed E-state index contributed by atoms with van der Waals surface area (Å²) in [6.07, 6.45) is 5.20. The molecule has 1 rings (SSSR count). The van der Waals surface area contributed by atoms with E-state index in [1.165, 1.54) is 32.2 Å². The van der Waals surface area contributed by atoms with Crippen LogP contribution in [0.1, 0.15) is 39.5 Å². The molecule has 0 saturated heterocycles. The highest BCUT2D eigenvalue weighted by Crippen LogP contribution is 2.21. The van der Waals surface area contributed by atoms with Crippen LogP contribution in [-0.4, -0.2) is 30.6 Å². The van der Waals surface area contributed by atoms with Crippen molar-refractivity contribution < 1.29 is 0 Å². The summed E-state index contributed by atoms with van der Waals surface area (Å²) in [5.41, 5.74) is 6.11. The van der Waals surface area contributed by atoms with E-state index in [-0.39, 0.29) is 24.8 Å². The van der Waals surface area contributed by atoms with Gasteiger partial charge in [0.05, 0.1) is 0 Å². The van der Waals surface area contributed by atoms with Crippen molar-refractivity contribution in [1.82, 2.24) is 4.90 Å². The largest absolute Gasteiger partial charge is 0.326 e. The van der Waals surface area contributed by atoms with Gasteiger partial charge >= 0.3 is 0 Å². The van der Waals surface area contributed by atoms with Gasteiger partial charge in [-0.3, -0.25) is 0 Å². The molecule has 2 N–H and O–H groups in total. The molecule has 1 fully saturated rings. The molecule has 1 saturated carbocycles. The van der Waals surface area contributed by atoms with Crippen LogP contribution in [0.15, 0.2) is 0 Å². The predicted molar refractivity (Wildman–Crippen MR) is 72.2 cm³/mol. The Labute approximate surface area is 107 Å². The lowest BCUT2D eigenvalue weighted by atomic mass is 9.90. The van der Waals surface area contributed by atoms with Crippen molar-refractivity contribution in [3.63, 3.8) is 0 Å². The molecular formula is C11H26Cl2N2. The van der Waals surface area contributed by atoms with Crippen LogP contribution in [0.3, 0.4) is 0 Å². The zero-order valence-corrected chi connectivity index (χ0v) is 11.7. The Bertz CT molecular complexity index is 154. The maximum Gasteiger partial charge on any atom is 0.0244 e. The molecule has 0 spiro atoms. The third kappa shape index (κ3) is 5.96. The molecule has 2 atom stereocenters. The van der Waals surface area contributed by atoms with Gasteiger partial charge in [-0.25, -0.2) is 0 Å². The van der Waals surface area contributed by atoms with E-state index in [1.807, 2.05) is 0 Å². The molecule has 1 aliphatic carbocycles. The van der Waals surface area contributed by atoms with E-state index < -0.39 is 0 Å². The molecule has 0 aliphatic heterocycles. The van der Waals surface area contributed by atoms with E-state index in [2.05, 4.69) is 25.8 Å². The molecular weight excluding hydrogens is 231 g/mol. The molecule has 0 unspecified atom stereocenters. The van der Waals surface area contributed by atoms with Gasteiger partial charge < -0.3 is 10.6 Å². The molecule has 0 aromatic rings. The molecule has 0 aromatic heterocycles. The van der Waals surface area contributed by atoms with Gasteiger partial charge in [0.1, 0.15) is 0 Å². The van der Waals surface area contributed by atoms with Gasteiger partial charge in [-0.15, -0.1) is 24.8 Å². The molecule has 0 aromatic carbocycles. The zero-order chi connectivity index (χ0) is 9.84. The second kappa shape index (κ2) is 8.63. The Morgan fingerprint density at radius 1 is 1.20 bits per heavy atom. The molecule has 0 radical (unpaired) electrons. The maximum absolute atomic E-state index is 6.11. The molecule has 94 valence electrons. The maximum atomic E-state index is 6.11. The topological polar surface area (TPSA) is 29.3 Å². The van der Waals surface area contributed by atoms with Crippen molar-refractivity contribution in [2.75, 3.05) is 13.6 Å². The van der Waals surface area contributed by atoms with Gasteiger partial charge in [0.25, 0.3) is 0 Å². The van der Waals surface area contributed by atoms with Crippen LogP contribution >= 0.6 is 24.8 Å². The number of hydrogen-bond donors (Lipinski definition) is 1. The average molecular weight is 257 g/mol.